The summed E-state index contributed by atoms with van der Waals surface area (Å²) in [5, 5.41) is 10.4. The van der Waals surface area contributed by atoms with E-state index in [1.165, 1.54) is 14.2 Å². The lowest BCUT2D eigenvalue weighted by Crippen LogP contribution is -2.26. The smallest absolute Gasteiger partial charge is 0.347 e. The molecule has 0 aliphatic rings. The normalized spacial score (nSPS) is 10.2. The van der Waals surface area contributed by atoms with Crippen LogP contribution >= 0.6 is 0 Å². The van der Waals surface area contributed by atoms with Crippen LogP contribution in [0.1, 0.15) is 10.4 Å². The second-order valence-electron chi connectivity index (χ2n) is 4.33. The van der Waals surface area contributed by atoms with Crippen LogP contribution in [0.5, 0.6) is 11.6 Å². The average molecular weight is 289 g/mol. The molecule has 0 saturated heterocycles. The summed E-state index contributed by atoms with van der Waals surface area (Å²) in [4.78, 5) is 23.9. The number of hydrogen-bond acceptors (Lipinski definition) is 5. The zero-order chi connectivity index (χ0) is 15.6. The first kappa shape index (κ1) is 14.6. The maximum atomic E-state index is 12.2. The van der Waals surface area contributed by atoms with Crippen molar-refractivity contribution < 1.29 is 19.4 Å². The van der Waals surface area contributed by atoms with Crippen LogP contribution < -0.4 is 10.3 Å². The van der Waals surface area contributed by atoms with Crippen LogP contribution in [0.15, 0.2) is 35.1 Å². The van der Waals surface area contributed by atoms with Crippen LogP contribution in [0.4, 0.5) is 0 Å². The topological polar surface area (TPSA) is 77.8 Å². The summed E-state index contributed by atoms with van der Waals surface area (Å²) in [6.07, 6.45) is 0. The molecule has 1 aromatic carbocycles. The fourth-order valence-corrected chi connectivity index (χ4v) is 2.15. The maximum absolute atomic E-state index is 12.2. The van der Waals surface area contributed by atoms with Crippen molar-refractivity contribution in [3.63, 3.8) is 0 Å². The number of aromatic nitrogens is 1. The summed E-state index contributed by atoms with van der Waals surface area (Å²) in [5.41, 5.74) is -0.219. The Bertz CT molecular complexity index is 734. The van der Waals surface area contributed by atoms with Crippen molar-refractivity contribution in [2.45, 2.75) is 0 Å². The minimum absolute atomic E-state index is 0.163. The summed E-state index contributed by atoms with van der Waals surface area (Å²) in [6, 6.07) is 8.84. The molecular formula is C15H15NO5. The summed E-state index contributed by atoms with van der Waals surface area (Å²) in [5.74, 6) is -1.18. The number of carbonyl (C=O) groups excluding carboxylic acids is 1. The fraction of sp³-hybridized carbons (Fsp3) is 0.200. The first-order valence-corrected chi connectivity index (χ1v) is 6.16. The Kier molecular flexibility index (Phi) is 3.98. The van der Waals surface area contributed by atoms with Gasteiger partial charge in [-0.25, -0.2) is 4.79 Å². The Morgan fingerprint density at radius 2 is 1.81 bits per heavy atom. The van der Waals surface area contributed by atoms with Crippen LogP contribution in [0.2, 0.25) is 0 Å². The lowest BCUT2D eigenvalue weighted by atomic mass is 10.0. The van der Waals surface area contributed by atoms with Gasteiger partial charge in [-0.15, -0.1) is 0 Å². The van der Waals surface area contributed by atoms with E-state index in [1.807, 2.05) is 6.07 Å². The van der Waals surface area contributed by atoms with Crippen molar-refractivity contribution in [3.05, 3.63) is 46.2 Å². The third-order valence-corrected chi connectivity index (χ3v) is 3.16. The standard InChI is InChI=1S/C15H15NO5/c1-16-13(18)11(15(19)21-3)12(17)10(14(16)20-2)9-7-5-4-6-8-9/h4-8,17H,1-3H3. The highest BCUT2D eigenvalue weighted by Gasteiger charge is 2.26. The van der Waals surface area contributed by atoms with Crippen molar-refractivity contribution in [1.82, 2.24) is 4.57 Å². The van der Waals surface area contributed by atoms with E-state index < -0.39 is 22.8 Å². The van der Waals surface area contributed by atoms with E-state index in [-0.39, 0.29) is 11.4 Å². The molecule has 1 N–H and O–H groups in total. The number of rotatable bonds is 3. The van der Waals surface area contributed by atoms with Gasteiger partial charge in [-0.2, -0.15) is 0 Å². The number of esters is 1. The highest BCUT2D eigenvalue weighted by atomic mass is 16.5. The fourth-order valence-electron chi connectivity index (χ4n) is 2.15. The average Bonchev–Trinajstić information content (AvgIpc) is 2.51. The molecule has 2 aromatic rings. The number of nitrogens with zero attached hydrogens (tertiary/aromatic N) is 1. The number of aromatic hydroxyl groups is 1. The Balaban J connectivity index is 2.90. The van der Waals surface area contributed by atoms with E-state index in [0.717, 1.165) is 11.7 Å². The van der Waals surface area contributed by atoms with Crippen molar-refractivity contribution in [3.8, 4) is 22.8 Å². The summed E-state index contributed by atoms with van der Waals surface area (Å²) in [7, 11) is 3.99. The Morgan fingerprint density at radius 3 is 2.33 bits per heavy atom. The Morgan fingerprint density at radius 1 is 1.19 bits per heavy atom. The molecule has 6 heteroatoms. The molecule has 0 radical (unpaired) electrons. The number of hydrogen-bond donors (Lipinski definition) is 1. The van der Waals surface area contributed by atoms with Gasteiger partial charge in [0.1, 0.15) is 5.75 Å². The number of ether oxygens (including phenoxy) is 2. The van der Waals surface area contributed by atoms with Gasteiger partial charge in [0, 0.05) is 7.05 Å². The maximum Gasteiger partial charge on any atom is 0.347 e. The predicted octanol–water partition coefficient (Wildman–Crippen LogP) is 1.55. The molecule has 0 aliphatic carbocycles. The van der Waals surface area contributed by atoms with E-state index >= 15 is 0 Å². The number of pyridine rings is 1. The molecule has 6 nitrogen and oxygen atoms in total. The van der Waals surface area contributed by atoms with Gasteiger partial charge in [0.2, 0.25) is 5.88 Å². The third-order valence-electron chi connectivity index (χ3n) is 3.16. The SMILES string of the molecule is COC(=O)c1c(O)c(-c2ccccc2)c(OC)n(C)c1=O. The van der Waals surface area contributed by atoms with Gasteiger partial charge in [-0.05, 0) is 5.56 Å². The quantitative estimate of drug-likeness (QED) is 0.867. The molecule has 0 aliphatic heterocycles. The molecular weight excluding hydrogens is 274 g/mol. The Labute approximate surface area is 121 Å². The molecule has 110 valence electrons. The monoisotopic (exact) mass is 289 g/mol. The zero-order valence-electron chi connectivity index (χ0n) is 11.9. The van der Waals surface area contributed by atoms with Crippen LogP contribution in [0.25, 0.3) is 11.1 Å². The lowest BCUT2D eigenvalue weighted by Gasteiger charge is -2.16. The van der Waals surface area contributed by atoms with Crippen LogP contribution in [-0.4, -0.2) is 29.9 Å². The van der Waals surface area contributed by atoms with E-state index in [1.54, 1.807) is 24.3 Å². The van der Waals surface area contributed by atoms with E-state index in [4.69, 9.17) is 4.74 Å². The highest BCUT2D eigenvalue weighted by molar-refractivity contribution is 5.96. The van der Waals surface area contributed by atoms with Crippen molar-refractivity contribution in [2.24, 2.45) is 7.05 Å². The van der Waals surface area contributed by atoms with Crippen molar-refractivity contribution >= 4 is 5.97 Å². The van der Waals surface area contributed by atoms with Gasteiger partial charge in [0.15, 0.2) is 5.56 Å². The van der Waals surface area contributed by atoms with Gasteiger partial charge < -0.3 is 14.6 Å². The molecule has 0 spiro atoms. The Hall–Kier alpha value is -2.76. The van der Waals surface area contributed by atoms with Gasteiger partial charge in [0.05, 0.1) is 19.8 Å². The molecule has 0 saturated carbocycles. The largest absolute Gasteiger partial charge is 0.506 e. The van der Waals surface area contributed by atoms with E-state index in [2.05, 4.69) is 4.74 Å². The summed E-state index contributed by atoms with van der Waals surface area (Å²) >= 11 is 0. The third kappa shape index (κ3) is 2.35. The zero-order valence-corrected chi connectivity index (χ0v) is 11.9. The second kappa shape index (κ2) is 5.70. The minimum Gasteiger partial charge on any atom is -0.506 e. The van der Waals surface area contributed by atoms with Crippen LogP contribution in [0, 0.1) is 0 Å². The first-order valence-electron chi connectivity index (χ1n) is 6.16. The highest BCUT2D eigenvalue weighted by Crippen LogP contribution is 2.38. The van der Waals surface area contributed by atoms with Gasteiger partial charge in [-0.1, -0.05) is 30.3 Å². The predicted molar refractivity (Wildman–Crippen MR) is 76.7 cm³/mol. The van der Waals surface area contributed by atoms with Crippen LogP contribution in [-0.2, 0) is 11.8 Å². The van der Waals surface area contributed by atoms with Gasteiger partial charge >= 0.3 is 5.97 Å². The number of methoxy groups -OCH3 is 2. The first-order chi connectivity index (χ1) is 10.0. The molecule has 2 rings (SSSR count). The van der Waals surface area contributed by atoms with Crippen molar-refractivity contribution in [1.29, 1.82) is 0 Å². The van der Waals surface area contributed by atoms with Gasteiger partial charge in [0.25, 0.3) is 5.56 Å². The van der Waals surface area contributed by atoms with Crippen molar-refractivity contribution in [2.75, 3.05) is 14.2 Å². The lowest BCUT2D eigenvalue weighted by molar-refractivity contribution is 0.0594. The molecule has 0 atom stereocenters. The number of carbonyl (C=O) groups is 1. The van der Waals surface area contributed by atoms with Gasteiger partial charge in [-0.3, -0.25) is 9.36 Å². The molecule has 0 unspecified atom stereocenters. The second-order valence-corrected chi connectivity index (χ2v) is 4.33. The molecule has 1 heterocycles. The molecule has 21 heavy (non-hydrogen) atoms. The molecule has 1 aromatic heterocycles. The number of benzene rings is 1. The van der Waals surface area contributed by atoms with E-state index in [9.17, 15) is 14.7 Å². The van der Waals surface area contributed by atoms with E-state index in [0.29, 0.717) is 5.56 Å². The van der Waals surface area contributed by atoms with Crippen LogP contribution in [0.3, 0.4) is 0 Å². The summed E-state index contributed by atoms with van der Waals surface area (Å²) < 4.78 is 10.9. The minimum atomic E-state index is -0.895. The summed E-state index contributed by atoms with van der Waals surface area (Å²) in [6.45, 7) is 0. The molecule has 0 amide bonds. The molecule has 0 fully saturated rings. The molecule has 0 bridgehead atoms.